The normalized spacial score (nSPS) is 45.7. The molecule has 0 saturated carbocycles. The summed E-state index contributed by atoms with van der Waals surface area (Å²) in [6, 6.07) is 1.52. The van der Waals surface area contributed by atoms with E-state index in [-0.39, 0.29) is 0 Å². The zero-order chi connectivity index (χ0) is 9.26. The third-order valence-electron chi connectivity index (χ3n) is 3.55. The molecule has 4 unspecified atom stereocenters. The molecule has 0 radical (unpaired) electrons. The van der Waals surface area contributed by atoms with Crippen LogP contribution in [0.3, 0.4) is 0 Å². The number of rotatable bonds is 2. The van der Waals surface area contributed by atoms with Crippen molar-refractivity contribution in [3.05, 3.63) is 0 Å². The summed E-state index contributed by atoms with van der Waals surface area (Å²) in [5.74, 6) is 1.90. The van der Waals surface area contributed by atoms with Gasteiger partial charge in [0.15, 0.2) is 0 Å². The van der Waals surface area contributed by atoms with Gasteiger partial charge in [-0.05, 0) is 58.0 Å². The van der Waals surface area contributed by atoms with Crippen LogP contribution in [-0.4, -0.2) is 25.2 Å². The SMILES string of the molecule is CC1CC(CC2CNC(C)C2)CN1. The lowest BCUT2D eigenvalue weighted by atomic mass is 9.91. The minimum Gasteiger partial charge on any atom is -0.314 e. The van der Waals surface area contributed by atoms with Gasteiger partial charge in [-0.15, -0.1) is 0 Å². The van der Waals surface area contributed by atoms with Crippen LogP contribution in [0.25, 0.3) is 0 Å². The molecular weight excluding hydrogens is 160 g/mol. The third kappa shape index (κ3) is 2.44. The maximum atomic E-state index is 3.53. The third-order valence-corrected chi connectivity index (χ3v) is 3.55. The molecular formula is C11H22N2. The van der Waals surface area contributed by atoms with Crippen LogP contribution in [0.5, 0.6) is 0 Å². The fourth-order valence-corrected chi connectivity index (χ4v) is 2.90. The number of hydrogen-bond acceptors (Lipinski definition) is 2. The minimum absolute atomic E-state index is 0.761. The van der Waals surface area contributed by atoms with Crippen LogP contribution in [0.1, 0.15) is 33.1 Å². The summed E-state index contributed by atoms with van der Waals surface area (Å²) in [5.41, 5.74) is 0. The topological polar surface area (TPSA) is 24.1 Å². The first-order chi connectivity index (χ1) is 6.24. The van der Waals surface area contributed by atoms with Crippen LogP contribution in [0.2, 0.25) is 0 Å². The first-order valence-corrected chi connectivity index (χ1v) is 5.71. The summed E-state index contributed by atoms with van der Waals surface area (Å²) in [7, 11) is 0. The highest BCUT2D eigenvalue weighted by Gasteiger charge is 2.27. The van der Waals surface area contributed by atoms with Crippen molar-refractivity contribution in [3.8, 4) is 0 Å². The molecule has 2 saturated heterocycles. The summed E-state index contributed by atoms with van der Waals surface area (Å²) in [6.07, 6.45) is 4.23. The highest BCUT2D eigenvalue weighted by atomic mass is 15.0. The Morgan fingerprint density at radius 1 is 0.923 bits per heavy atom. The Balaban J connectivity index is 1.72. The zero-order valence-electron chi connectivity index (χ0n) is 8.84. The van der Waals surface area contributed by atoms with Crippen LogP contribution in [0, 0.1) is 11.8 Å². The summed E-state index contributed by atoms with van der Waals surface area (Å²) in [5, 5.41) is 7.07. The Morgan fingerprint density at radius 2 is 1.38 bits per heavy atom. The predicted octanol–water partition coefficient (Wildman–Crippen LogP) is 1.37. The number of nitrogens with one attached hydrogen (secondary N) is 2. The fraction of sp³-hybridized carbons (Fsp3) is 1.00. The van der Waals surface area contributed by atoms with E-state index < -0.39 is 0 Å². The minimum atomic E-state index is 0.761. The van der Waals surface area contributed by atoms with E-state index in [1.54, 1.807) is 0 Å². The molecule has 2 heterocycles. The molecule has 2 aliphatic rings. The van der Waals surface area contributed by atoms with Gasteiger partial charge in [-0.2, -0.15) is 0 Å². The summed E-state index contributed by atoms with van der Waals surface area (Å²) in [4.78, 5) is 0. The van der Waals surface area contributed by atoms with E-state index in [0.717, 1.165) is 23.9 Å². The summed E-state index contributed by atoms with van der Waals surface area (Å²) >= 11 is 0. The average Bonchev–Trinajstić information content (AvgIpc) is 2.62. The molecule has 0 aromatic heterocycles. The van der Waals surface area contributed by atoms with E-state index >= 15 is 0 Å². The maximum Gasteiger partial charge on any atom is 0.00419 e. The monoisotopic (exact) mass is 182 g/mol. The molecule has 0 bridgehead atoms. The first kappa shape index (κ1) is 9.47. The molecule has 4 atom stereocenters. The van der Waals surface area contributed by atoms with Crippen LogP contribution >= 0.6 is 0 Å². The van der Waals surface area contributed by atoms with Crippen molar-refractivity contribution >= 4 is 0 Å². The van der Waals surface area contributed by atoms with Crippen molar-refractivity contribution in [3.63, 3.8) is 0 Å². The Morgan fingerprint density at radius 3 is 1.69 bits per heavy atom. The van der Waals surface area contributed by atoms with E-state index in [2.05, 4.69) is 24.5 Å². The molecule has 0 aromatic carbocycles. The molecule has 2 rings (SSSR count). The molecule has 2 aliphatic heterocycles. The fourth-order valence-electron chi connectivity index (χ4n) is 2.90. The lowest BCUT2D eigenvalue weighted by Gasteiger charge is -2.13. The molecule has 13 heavy (non-hydrogen) atoms. The largest absolute Gasteiger partial charge is 0.314 e. The van der Waals surface area contributed by atoms with Crippen molar-refractivity contribution in [1.29, 1.82) is 0 Å². The van der Waals surface area contributed by atoms with Crippen LogP contribution < -0.4 is 10.6 Å². The average molecular weight is 182 g/mol. The number of hydrogen-bond donors (Lipinski definition) is 2. The van der Waals surface area contributed by atoms with Crippen molar-refractivity contribution in [1.82, 2.24) is 10.6 Å². The Hall–Kier alpha value is -0.0800. The molecule has 0 spiro atoms. The van der Waals surface area contributed by atoms with Gasteiger partial charge in [0, 0.05) is 12.1 Å². The highest BCUT2D eigenvalue weighted by Crippen LogP contribution is 2.26. The molecule has 2 heteroatoms. The van der Waals surface area contributed by atoms with Gasteiger partial charge < -0.3 is 10.6 Å². The molecule has 2 nitrogen and oxygen atoms in total. The smallest absolute Gasteiger partial charge is 0.00419 e. The lowest BCUT2D eigenvalue weighted by Crippen LogP contribution is -2.18. The van der Waals surface area contributed by atoms with E-state index in [1.807, 2.05) is 0 Å². The Labute approximate surface area is 81.5 Å². The first-order valence-electron chi connectivity index (χ1n) is 5.71. The van der Waals surface area contributed by atoms with Crippen molar-refractivity contribution < 1.29 is 0 Å². The molecule has 2 N–H and O–H groups in total. The standard InChI is InChI=1S/C11H22N2/c1-8-3-10(6-12-8)5-11-4-9(2)13-7-11/h8-13H,3-7H2,1-2H3. The molecule has 2 fully saturated rings. The van der Waals surface area contributed by atoms with Crippen LogP contribution in [0.15, 0.2) is 0 Å². The van der Waals surface area contributed by atoms with Gasteiger partial charge in [0.25, 0.3) is 0 Å². The molecule has 0 amide bonds. The summed E-state index contributed by atoms with van der Waals surface area (Å²) < 4.78 is 0. The zero-order valence-corrected chi connectivity index (χ0v) is 8.84. The molecule has 0 aromatic rings. The molecule has 76 valence electrons. The maximum absolute atomic E-state index is 3.53. The van der Waals surface area contributed by atoms with Gasteiger partial charge >= 0.3 is 0 Å². The highest BCUT2D eigenvalue weighted by molar-refractivity contribution is 4.85. The quantitative estimate of drug-likeness (QED) is 0.674. The Kier molecular flexibility index (Phi) is 2.89. The Bertz CT molecular complexity index is 151. The van der Waals surface area contributed by atoms with E-state index in [1.165, 1.54) is 32.4 Å². The van der Waals surface area contributed by atoms with Gasteiger partial charge in [0.1, 0.15) is 0 Å². The van der Waals surface area contributed by atoms with Crippen LogP contribution in [-0.2, 0) is 0 Å². The lowest BCUT2D eigenvalue weighted by molar-refractivity contribution is 0.405. The summed E-state index contributed by atoms with van der Waals surface area (Å²) in [6.45, 7) is 7.11. The van der Waals surface area contributed by atoms with Crippen molar-refractivity contribution in [2.45, 2.75) is 45.2 Å². The second-order valence-electron chi connectivity index (χ2n) is 5.06. The van der Waals surface area contributed by atoms with Crippen molar-refractivity contribution in [2.24, 2.45) is 11.8 Å². The van der Waals surface area contributed by atoms with Gasteiger partial charge in [-0.25, -0.2) is 0 Å². The second kappa shape index (κ2) is 3.97. The molecule has 0 aliphatic carbocycles. The predicted molar refractivity (Wildman–Crippen MR) is 55.8 cm³/mol. The van der Waals surface area contributed by atoms with Gasteiger partial charge in [0.05, 0.1) is 0 Å². The van der Waals surface area contributed by atoms with Gasteiger partial charge in [-0.3, -0.25) is 0 Å². The van der Waals surface area contributed by atoms with E-state index in [4.69, 9.17) is 0 Å². The van der Waals surface area contributed by atoms with E-state index in [0.29, 0.717) is 0 Å². The van der Waals surface area contributed by atoms with Gasteiger partial charge in [0.2, 0.25) is 0 Å². The van der Waals surface area contributed by atoms with Crippen LogP contribution in [0.4, 0.5) is 0 Å². The second-order valence-corrected chi connectivity index (χ2v) is 5.06. The van der Waals surface area contributed by atoms with Crippen molar-refractivity contribution in [2.75, 3.05) is 13.1 Å². The van der Waals surface area contributed by atoms with Gasteiger partial charge in [-0.1, -0.05) is 0 Å². The van der Waals surface area contributed by atoms with E-state index in [9.17, 15) is 0 Å².